The normalized spacial score (nSPS) is 15.1. The van der Waals surface area contributed by atoms with E-state index in [1.165, 1.54) is 5.56 Å². The molecule has 0 bridgehead atoms. The first-order valence-corrected chi connectivity index (χ1v) is 7.42. The number of fused-ring (bicyclic) bond motifs is 1. The molecule has 1 aromatic rings. The summed E-state index contributed by atoms with van der Waals surface area (Å²) < 4.78 is 0. The van der Waals surface area contributed by atoms with E-state index in [-0.39, 0.29) is 18.4 Å². The van der Waals surface area contributed by atoms with Gasteiger partial charge in [0.15, 0.2) is 0 Å². The molecule has 114 valence electrons. The molecule has 2 rings (SSSR count). The summed E-state index contributed by atoms with van der Waals surface area (Å²) in [5.74, 6) is -0.852. The van der Waals surface area contributed by atoms with Crippen LogP contribution in [0.15, 0.2) is 18.2 Å². The third-order valence-corrected chi connectivity index (χ3v) is 3.79. The summed E-state index contributed by atoms with van der Waals surface area (Å²) in [5.41, 5.74) is 3.07. The molecule has 1 aliphatic rings. The van der Waals surface area contributed by atoms with Gasteiger partial charge in [-0.25, -0.2) is 0 Å². The maximum Gasteiger partial charge on any atom is 0.303 e. The Kier molecular flexibility index (Phi) is 5.33. The Bertz CT molecular complexity index is 528. The summed E-state index contributed by atoms with van der Waals surface area (Å²) in [6.07, 6.45) is 2.27. The zero-order chi connectivity index (χ0) is 15.2. The van der Waals surface area contributed by atoms with Gasteiger partial charge in [0.2, 0.25) is 0 Å². The van der Waals surface area contributed by atoms with E-state index in [1.54, 1.807) is 0 Å². The number of benzene rings is 1. The smallest absolute Gasteiger partial charge is 0.303 e. The lowest BCUT2D eigenvalue weighted by atomic mass is 9.95. The van der Waals surface area contributed by atoms with Crippen LogP contribution < -0.4 is 10.6 Å². The average molecular weight is 290 g/mol. The number of carbonyl (C=O) groups is 2. The molecule has 21 heavy (non-hydrogen) atoms. The van der Waals surface area contributed by atoms with Crippen LogP contribution in [0, 0.1) is 0 Å². The van der Waals surface area contributed by atoms with Crippen molar-refractivity contribution in [2.75, 3.05) is 6.54 Å². The van der Waals surface area contributed by atoms with Gasteiger partial charge in [-0.2, -0.15) is 0 Å². The second-order valence-corrected chi connectivity index (χ2v) is 5.53. The van der Waals surface area contributed by atoms with Crippen molar-refractivity contribution in [1.29, 1.82) is 0 Å². The van der Waals surface area contributed by atoms with E-state index in [2.05, 4.69) is 16.7 Å². The maximum atomic E-state index is 12.4. The first-order valence-electron chi connectivity index (χ1n) is 7.42. The fourth-order valence-electron chi connectivity index (χ4n) is 2.68. The van der Waals surface area contributed by atoms with Crippen LogP contribution in [0.3, 0.4) is 0 Å². The van der Waals surface area contributed by atoms with Gasteiger partial charge in [-0.1, -0.05) is 12.1 Å². The molecule has 0 aliphatic carbocycles. The fraction of sp³-hybridized carbons (Fsp3) is 0.500. The van der Waals surface area contributed by atoms with Gasteiger partial charge < -0.3 is 15.7 Å². The first kappa shape index (κ1) is 15.5. The molecule has 0 aromatic heterocycles. The van der Waals surface area contributed by atoms with Crippen LogP contribution in [-0.2, 0) is 17.8 Å². The topological polar surface area (TPSA) is 78.4 Å². The van der Waals surface area contributed by atoms with E-state index in [1.807, 2.05) is 19.1 Å². The second-order valence-electron chi connectivity index (χ2n) is 5.53. The monoisotopic (exact) mass is 290 g/mol. The zero-order valence-corrected chi connectivity index (χ0v) is 12.3. The van der Waals surface area contributed by atoms with Gasteiger partial charge in [-0.15, -0.1) is 0 Å². The van der Waals surface area contributed by atoms with Crippen molar-refractivity contribution < 1.29 is 14.7 Å². The van der Waals surface area contributed by atoms with Gasteiger partial charge in [-0.3, -0.25) is 9.59 Å². The number of hydrogen-bond donors (Lipinski definition) is 3. The fourth-order valence-corrected chi connectivity index (χ4v) is 2.68. The van der Waals surface area contributed by atoms with Crippen molar-refractivity contribution in [3.63, 3.8) is 0 Å². The van der Waals surface area contributed by atoms with Crippen molar-refractivity contribution >= 4 is 11.9 Å². The summed E-state index contributed by atoms with van der Waals surface area (Å²) in [6.45, 7) is 3.62. The number of nitrogens with one attached hydrogen (secondary N) is 2. The molecular formula is C16H22N2O3. The lowest BCUT2D eigenvalue weighted by Gasteiger charge is -2.21. The van der Waals surface area contributed by atoms with Gasteiger partial charge in [-0.05, 0) is 49.9 Å². The number of carbonyl (C=O) groups excluding carboxylic acids is 1. The summed E-state index contributed by atoms with van der Waals surface area (Å²) >= 11 is 0. The van der Waals surface area contributed by atoms with E-state index in [4.69, 9.17) is 5.11 Å². The molecule has 0 saturated carbocycles. The average Bonchev–Trinajstić information content (AvgIpc) is 2.46. The molecule has 0 saturated heterocycles. The molecule has 5 heteroatoms. The summed E-state index contributed by atoms with van der Waals surface area (Å²) in [5, 5.41) is 14.9. The molecule has 0 radical (unpaired) electrons. The van der Waals surface area contributed by atoms with E-state index in [9.17, 15) is 9.59 Å². The minimum Gasteiger partial charge on any atom is -0.481 e. The molecule has 1 atom stereocenters. The highest BCUT2D eigenvalue weighted by molar-refractivity contribution is 5.96. The molecule has 0 fully saturated rings. The molecule has 1 heterocycles. The molecule has 1 aliphatic heterocycles. The third-order valence-electron chi connectivity index (χ3n) is 3.79. The first-order chi connectivity index (χ1) is 10.1. The van der Waals surface area contributed by atoms with Crippen LogP contribution in [0.2, 0.25) is 0 Å². The van der Waals surface area contributed by atoms with Crippen LogP contribution in [0.25, 0.3) is 0 Å². The van der Waals surface area contributed by atoms with Crippen molar-refractivity contribution in [2.24, 2.45) is 0 Å². The highest BCUT2D eigenvalue weighted by atomic mass is 16.4. The number of hydrogen-bond acceptors (Lipinski definition) is 3. The number of carboxylic acid groups (broad SMARTS) is 1. The highest BCUT2D eigenvalue weighted by Gasteiger charge is 2.18. The maximum absolute atomic E-state index is 12.4. The number of aliphatic carboxylic acids is 1. The predicted octanol–water partition coefficient (Wildman–Crippen LogP) is 1.71. The van der Waals surface area contributed by atoms with Crippen molar-refractivity contribution in [3.8, 4) is 0 Å². The Morgan fingerprint density at radius 3 is 3.00 bits per heavy atom. The zero-order valence-electron chi connectivity index (χ0n) is 12.3. The van der Waals surface area contributed by atoms with Gasteiger partial charge in [0, 0.05) is 24.6 Å². The lowest BCUT2D eigenvalue weighted by molar-refractivity contribution is -0.137. The second kappa shape index (κ2) is 7.22. The Balaban J connectivity index is 1.95. The molecular weight excluding hydrogens is 268 g/mol. The molecule has 1 unspecified atom stereocenters. The van der Waals surface area contributed by atoms with Gasteiger partial charge in [0.05, 0.1) is 0 Å². The van der Waals surface area contributed by atoms with Crippen LogP contribution in [0.5, 0.6) is 0 Å². The van der Waals surface area contributed by atoms with Crippen LogP contribution in [-0.4, -0.2) is 29.6 Å². The molecule has 0 spiro atoms. The predicted molar refractivity (Wildman–Crippen MR) is 80.3 cm³/mol. The molecule has 1 aromatic carbocycles. The SMILES string of the molecule is CC(CCCC(=O)O)NC(=O)c1cccc2c1CCNC2. The standard InChI is InChI=1S/C16H22N2O3/c1-11(4-2-7-15(19)20)18-16(21)14-6-3-5-12-10-17-9-8-13(12)14/h3,5-6,11,17H,2,4,7-10H2,1H3,(H,18,21)(H,19,20). The number of carboxylic acids is 1. The lowest BCUT2D eigenvalue weighted by Crippen LogP contribution is -2.34. The van der Waals surface area contributed by atoms with Gasteiger partial charge >= 0.3 is 5.97 Å². The van der Waals surface area contributed by atoms with E-state index < -0.39 is 5.97 Å². The highest BCUT2D eigenvalue weighted by Crippen LogP contribution is 2.19. The molecule has 5 nitrogen and oxygen atoms in total. The third kappa shape index (κ3) is 4.29. The van der Waals surface area contributed by atoms with E-state index in [0.29, 0.717) is 12.8 Å². The Morgan fingerprint density at radius 1 is 1.43 bits per heavy atom. The minimum absolute atomic E-state index is 0.0191. The summed E-state index contributed by atoms with van der Waals surface area (Å²) in [7, 11) is 0. The van der Waals surface area contributed by atoms with Crippen LogP contribution in [0.1, 0.15) is 47.7 Å². The van der Waals surface area contributed by atoms with Crippen molar-refractivity contribution in [3.05, 3.63) is 34.9 Å². The van der Waals surface area contributed by atoms with Gasteiger partial charge in [0.25, 0.3) is 5.91 Å². The van der Waals surface area contributed by atoms with E-state index >= 15 is 0 Å². The van der Waals surface area contributed by atoms with Crippen molar-refractivity contribution in [2.45, 2.75) is 45.2 Å². The minimum atomic E-state index is -0.793. The van der Waals surface area contributed by atoms with E-state index in [0.717, 1.165) is 30.6 Å². The Morgan fingerprint density at radius 2 is 2.24 bits per heavy atom. The van der Waals surface area contributed by atoms with Gasteiger partial charge in [0.1, 0.15) is 0 Å². The Labute approximate surface area is 124 Å². The van der Waals surface area contributed by atoms with Crippen LogP contribution in [0.4, 0.5) is 0 Å². The molecule has 1 amide bonds. The Hall–Kier alpha value is -1.88. The summed E-state index contributed by atoms with van der Waals surface area (Å²) in [4.78, 5) is 22.9. The van der Waals surface area contributed by atoms with Crippen molar-refractivity contribution in [1.82, 2.24) is 10.6 Å². The molecule has 3 N–H and O–H groups in total. The summed E-state index contributed by atoms with van der Waals surface area (Å²) in [6, 6.07) is 5.81. The number of amides is 1. The van der Waals surface area contributed by atoms with Crippen LogP contribution >= 0.6 is 0 Å². The largest absolute Gasteiger partial charge is 0.481 e. The quantitative estimate of drug-likeness (QED) is 0.745. The number of rotatable bonds is 6.